The van der Waals surface area contributed by atoms with Gasteiger partial charge in [0.2, 0.25) is 0 Å². The Labute approximate surface area is 150 Å². The van der Waals surface area contributed by atoms with Gasteiger partial charge in [0.15, 0.2) is 11.5 Å². The molecule has 2 N–H and O–H groups in total. The third kappa shape index (κ3) is 4.81. The summed E-state index contributed by atoms with van der Waals surface area (Å²) in [4.78, 5) is 15.9. The highest BCUT2D eigenvalue weighted by atomic mass is 35.5. The number of carbonyl (C=O) groups is 1. The molecule has 0 aliphatic rings. The normalized spacial score (nSPS) is 10.6. The SMILES string of the molecule is C=CCc1cc(/C=N/NC(=O)c2cccnc2Cl)cc(OCC)c1O. The molecule has 130 valence electrons. The first-order valence-corrected chi connectivity index (χ1v) is 7.98. The number of hydrogen-bond donors (Lipinski definition) is 2. The minimum absolute atomic E-state index is 0.0741. The minimum Gasteiger partial charge on any atom is -0.504 e. The first kappa shape index (κ1) is 18.5. The van der Waals surface area contributed by atoms with E-state index in [1.165, 1.54) is 12.4 Å². The Morgan fingerprint density at radius 3 is 3.00 bits per heavy atom. The lowest BCUT2D eigenvalue weighted by Crippen LogP contribution is -2.18. The number of carbonyl (C=O) groups excluding carboxylic acids is 1. The van der Waals surface area contributed by atoms with Crippen molar-refractivity contribution in [3.63, 3.8) is 0 Å². The van der Waals surface area contributed by atoms with E-state index < -0.39 is 5.91 Å². The summed E-state index contributed by atoms with van der Waals surface area (Å²) in [5.74, 6) is -0.0421. The summed E-state index contributed by atoms with van der Waals surface area (Å²) in [6.45, 7) is 5.91. The average Bonchev–Trinajstić information content (AvgIpc) is 2.59. The zero-order valence-corrected chi connectivity index (χ0v) is 14.5. The smallest absolute Gasteiger partial charge is 0.274 e. The molecule has 0 saturated heterocycles. The maximum absolute atomic E-state index is 12.0. The molecule has 0 spiro atoms. The summed E-state index contributed by atoms with van der Waals surface area (Å²) in [6, 6.07) is 6.54. The molecule has 0 bridgehead atoms. The Morgan fingerprint density at radius 2 is 2.32 bits per heavy atom. The summed E-state index contributed by atoms with van der Waals surface area (Å²) in [7, 11) is 0. The fraction of sp³-hybridized carbons (Fsp3) is 0.167. The molecule has 6 nitrogen and oxygen atoms in total. The van der Waals surface area contributed by atoms with Crippen molar-refractivity contribution in [3.8, 4) is 11.5 Å². The third-order valence-electron chi connectivity index (χ3n) is 3.22. The number of amides is 1. The van der Waals surface area contributed by atoms with Crippen LogP contribution in [0.5, 0.6) is 11.5 Å². The van der Waals surface area contributed by atoms with Gasteiger partial charge < -0.3 is 9.84 Å². The number of aromatic hydroxyl groups is 1. The molecule has 2 aromatic rings. The average molecular weight is 360 g/mol. The number of hydrazone groups is 1. The van der Waals surface area contributed by atoms with Crippen LogP contribution in [0.1, 0.15) is 28.4 Å². The highest BCUT2D eigenvalue weighted by molar-refractivity contribution is 6.32. The zero-order chi connectivity index (χ0) is 18.2. The van der Waals surface area contributed by atoms with Gasteiger partial charge in [-0.3, -0.25) is 4.79 Å². The van der Waals surface area contributed by atoms with Gasteiger partial charge in [0.05, 0.1) is 18.4 Å². The van der Waals surface area contributed by atoms with Crippen LogP contribution in [-0.4, -0.2) is 28.8 Å². The van der Waals surface area contributed by atoms with E-state index in [4.69, 9.17) is 16.3 Å². The van der Waals surface area contributed by atoms with Crippen molar-refractivity contribution in [1.29, 1.82) is 0 Å². The van der Waals surface area contributed by atoms with E-state index in [0.717, 1.165) is 0 Å². The van der Waals surface area contributed by atoms with Crippen molar-refractivity contribution in [3.05, 3.63) is 65.0 Å². The van der Waals surface area contributed by atoms with Gasteiger partial charge >= 0.3 is 0 Å². The molecule has 0 fully saturated rings. The molecular weight excluding hydrogens is 342 g/mol. The monoisotopic (exact) mass is 359 g/mol. The van der Waals surface area contributed by atoms with E-state index in [0.29, 0.717) is 29.9 Å². The van der Waals surface area contributed by atoms with Crippen molar-refractivity contribution < 1.29 is 14.6 Å². The van der Waals surface area contributed by atoms with E-state index in [1.807, 2.05) is 6.92 Å². The maximum Gasteiger partial charge on any atom is 0.274 e. The third-order valence-corrected chi connectivity index (χ3v) is 3.52. The van der Waals surface area contributed by atoms with Crippen LogP contribution < -0.4 is 10.2 Å². The summed E-state index contributed by atoms with van der Waals surface area (Å²) in [5, 5.41) is 14.2. The lowest BCUT2D eigenvalue weighted by Gasteiger charge is -2.10. The van der Waals surface area contributed by atoms with Crippen LogP contribution in [0.15, 0.2) is 48.2 Å². The van der Waals surface area contributed by atoms with Gasteiger partial charge in [-0.1, -0.05) is 17.7 Å². The predicted molar refractivity (Wildman–Crippen MR) is 97.5 cm³/mol. The summed E-state index contributed by atoms with van der Waals surface area (Å²) in [6.07, 6.45) is 5.11. The quantitative estimate of drug-likeness (QED) is 0.344. The zero-order valence-electron chi connectivity index (χ0n) is 13.7. The number of rotatable bonds is 7. The van der Waals surface area contributed by atoms with Crippen LogP contribution in [0.4, 0.5) is 0 Å². The van der Waals surface area contributed by atoms with Gasteiger partial charge in [0.25, 0.3) is 5.91 Å². The number of benzene rings is 1. The molecule has 0 radical (unpaired) electrons. The molecule has 7 heteroatoms. The lowest BCUT2D eigenvalue weighted by molar-refractivity contribution is 0.0955. The standard InChI is InChI=1S/C18H18ClN3O3/c1-3-6-13-9-12(10-15(16(13)23)25-4-2)11-21-22-18(24)14-7-5-8-20-17(14)19/h3,5,7-11,23H,1,4,6H2,2H3,(H,22,24)/b21-11+. The second-order valence-corrected chi connectivity index (χ2v) is 5.35. The molecule has 1 aromatic carbocycles. The minimum atomic E-state index is -0.468. The van der Waals surface area contributed by atoms with Gasteiger partial charge in [-0.25, -0.2) is 10.4 Å². The first-order valence-electron chi connectivity index (χ1n) is 7.60. The Bertz CT molecular complexity index is 806. The van der Waals surface area contributed by atoms with E-state index in [-0.39, 0.29) is 16.5 Å². The molecule has 2 rings (SSSR count). The van der Waals surface area contributed by atoms with E-state index in [9.17, 15) is 9.90 Å². The number of nitrogens with one attached hydrogen (secondary N) is 1. The molecule has 0 aliphatic carbocycles. The maximum atomic E-state index is 12.0. The Hall–Kier alpha value is -2.86. The van der Waals surface area contributed by atoms with Crippen LogP contribution >= 0.6 is 11.6 Å². The Kier molecular flexibility index (Phi) is 6.54. The van der Waals surface area contributed by atoms with Crippen molar-refractivity contribution in [2.24, 2.45) is 5.10 Å². The van der Waals surface area contributed by atoms with E-state index >= 15 is 0 Å². The highest BCUT2D eigenvalue weighted by Crippen LogP contribution is 2.31. The number of ether oxygens (including phenoxy) is 1. The number of nitrogens with zero attached hydrogens (tertiary/aromatic N) is 2. The fourth-order valence-electron chi connectivity index (χ4n) is 2.12. The molecule has 1 aromatic heterocycles. The van der Waals surface area contributed by atoms with Crippen LogP contribution in [0.3, 0.4) is 0 Å². The summed E-state index contributed by atoms with van der Waals surface area (Å²) in [5.41, 5.74) is 3.94. The first-order chi connectivity index (χ1) is 12.1. The molecule has 0 atom stereocenters. The second-order valence-electron chi connectivity index (χ2n) is 4.99. The second kappa shape index (κ2) is 8.84. The van der Waals surface area contributed by atoms with Gasteiger partial charge in [-0.05, 0) is 43.2 Å². The summed E-state index contributed by atoms with van der Waals surface area (Å²) < 4.78 is 5.42. The molecule has 0 aliphatic heterocycles. The number of phenolic OH excluding ortho intramolecular Hbond substituents is 1. The number of pyridine rings is 1. The van der Waals surface area contributed by atoms with E-state index in [2.05, 4.69) is 22.1 Å². The van der Waals surface area contributed by atoms with Crippen molar-refractivity contribution in [2.45, 2.75) is 13.3 Å². The fourth-order valence-corrected chi connectivity index (χ4v) is 2.33. The van der Waals surface area contributed by atoms with Crippen LogP contribution in [0, 0.1) is 0 Å². The molecule has 0 unspecified atom stereocenters. The van der Waals surface area contributed by atoms with Gasteiger partial charge in [0.1, 0.15) is 5.15 Å². The Morgan fingerprint density at radius 1 is 1.52 bits per heavy atom. The van der Waals surface area contributed by atoms with Crippen molar-refractivity contribution in [1.82, 2.24) is 10.4 Å². The largest absolute Gasteiger partial charge is 0.504 e. The number of aromatic nitrogens is 1. The lowest BCUT2D eigenvalue weighted by atomic mass is 10.1. The number of hydrogen-bond acceptors (Lipinski definition) is 5. The molecule has 0 saturated carbocycles. The molecule has 1 amide bonds. The molecule has 1 heterocycles. The number of allylic oxidation sites excluding steroid dienone is 1. The van der Waals surface area contributed by atoms with Crippen LogP contribution in [-0.2, 0) is 6.42 Å². The van der Waals surface area contributed by atoms with E-state index in [1.54, 1.807) is 30.3 Å². The topological polar surface area (TPSA) is 83.8 Å². The van der Waals surface area contributed by atoms with Crippen molar-refractivity contribution in [2.75, 3.05) is 6.61 Å². The Balaban J connectivity index is 2.18. The van der Waals surface area contributed by atoms with Gasteiger partial charge in [0, 0.05) is 11.8 Å². The highest BCUT2D eigenvalue weighted by Gasteiger charge is 2.11. The van der Waals surface area contributed by atoms with Crippen LogP contribution in [0.2, 0.25) is 5.15 Å². The van der Waals surface area contributed by atoms with Gasteiger partial charge in [-0.15, -0.1) is 6.58 Å². The molecular formula is C18H18ClN3O3. The predicted octanol–water partition coefficient (Wildman–Crippen LogP) is 3.33. The van der Waals surface area contributed by atoms with Crippen LogP contribution in [0.25, 0.3) is 0 Å². The molecule has 25 heavy (non-hydrogen) atoms. The number of halogens is 1. The van der Waals surface area contributed by atoms with Crippen molar-refractivity contribution >= 4 is 23.7 Å². The van der Waals surface area contributed by atoms with Gasteiger partial charge in [-0.2, -0.15) is 5.10 Å². The summed E-state index contributed by atoms with van der Waals surface area (Å²) >= 11 is 5.87. The number of phenols is 1.